The molecule has 0 fully saturated rings. The summed E-state index contributed by atoms with van der Waals surface area (Å²) in [6.45, 7) is 0. The highest BCUT2D eigenvalue weighted by Crippen LogP contribution is 2.25. The van der Waals surface area contributed by atoms with Gasteiger partial charge in [0.15, 0.2) is 5.69 Å². The number of hydrogen-bond acceptors (Lipinski definition) is 4. The second kappa shape index (κ2) is 4.97. The molecule has 3 N–H and O–H groups in total. The maximum Gasteiger partial charge on any atom is 0.249 e. The Morgan fingerprint density at radius 1 is 1.33 bits per heavy atom. The Labute approximate surface area is 107 Å². The van der Waals surface area contributed by atoms with Crippen molar-refractivity contribution in [1.29, 1.82) is 5.41 Å². The van der Waals surface area contributed by atoms with Crippen LogP contribution >= 0.6 is 11.6 Å². The Morgan fingerprint density at radius 3 is 2.72 bits per heavy atom. The van der Waals surface area contributed by atoms with Crippen molar-refractivity contribution in [3.8, 4) is 11.6 Å². The number of benzene rings is 1. The normalized spacial score (nSPS) is 10.1. The molecule has 18 heavy (non-hydrogen) atoms. The molecule has 5 nitrogen and oxygen atoms in total. The molecular formula is C11H8ClFN4O. The van der Waals surface area contributed by atoms with Gasteiger partial charge in [-0.15, -0.1) is 0 Å². The van der Waals surface area contributed by atoms with E-state index in [-0.39, 0.29) is 28.2 Å². The molecular weight excluding hydrogens is 259 g/mol. The van der Waals surface area contributed by atoms with Gasteiger partial charge in [-0.05, 0) is 12.1 Å². The van der Waals surface area contributed by atoms with Crippen molar-refractivity contribution < 1.29 is 9.13 Å². The topological polar surface area (TPSA) is 84.9 Å². The predicted octanol–water partition coefficient (Wildman–Crippen LogP) is 2.35. The minimum Gasteiger partial charge on any atom is -0.437 e. The van der Waals surface area contributed by atoms with E-state index in [1.54, 1.807) is 0 Å². The van der Waals surface area contributed by atoms with E-state index in [9.17, 15) is 4.39 Å². The lowest BCUT2D eigenvalue weighted by Crippen LogP contribution is -2.15. The van der Waals surface area contributed by atoms with Gasteiger partial charge in [0.2, 0.25) is 5.88 Å². The lowest BCUT2D eigenvalue weighted by molar-refractivity contribution is 0.457. The Balaban J connectivity index is 2.34. The second-order valence-corrected chi connectivity index (χ2v) is 3.71. The highest BCUT2D eigenvalue weighted by atomic mass is 35.5. The van der Waals surface area contributed by atoms with Crippen LogP contribution in [0.5, 0.6) is 11.6 Å². The van der Waals surface area contributed by atoms with Gasteiger partial charge < -0.3 is 10.5 Å². The largest absolute Gasteiger partial charge is 0.437 e. The molecule has 0 spiro atoms. The number of hydrogen-bond donors (Lipinski definition) is 2. The molecule has 1 heterocycles. The fraction of sp³-hybridized carbons (Fsp3) is 0. The third kappa shape index (κ3) is 2.54. The first kappa shape index (κ1) is 12.3. The monoisotopic (exact) mass is 266 g/mol. The molecule has 0 bridgehead atoms. The van der Waals surface area contributed by atoms with Gasteiger partial charge in [0.25, 0.3) is 0 Å². The van der Waals surface area contributed by atoms with E-state index >= 15 is 0 Å². The molecule has 92 valence electrons. The van der Waals surface area contributed by atoms with Crippen LogP contribution in [-0.2, 0) is 0 Å². The lowest BCUT2D eigenvalue weighted by atomic mass is 10.3. The molecule has 0 aliphatic carbocycles. The van der Waals surface area contributed by atoms with Gasteiger partial charge in [0.1, 0.15) is 17.4 Å². The molecule has 2 aromatic rings. The molecule has 0 unspecified atom stereocenters. The number of nitrogens with one attached hydrogen (secondary N) is 1. The van der Waals surface area contributed by atoms with Crippen LogP contribution in [0.1, 0.15) is 5.69 Å². The van der Waals surface area contributed by atoms with Gasteiger partial charge in [-0.1, -0.05) is 11.6 Å². The molecule has 2 rings (SSSR count). The van der Waals surface area contributed by atoms with Crippen LogP contribution in [0.2, 0.25) is 5.02 Å². The fourth-order valence-corrected chi connectivity index (χ4v) is 1.41. The summed E-state index contributed by atoms with van der Waals surface area (Å²) in [7, 11) is 0. The summed E-state index contributed by atoms with van der Waals surface area (Å²) in [5.41, 5.74) is 5.45. The van der Waals surface area contributed by atoms with E-state index in [1.165, 1.54) is 30.6 Å². The Bertz CT molecular complexity index is 605. The Morgan fingerprint density at radius 2 is 2.06 bits per heavy atom. The highest BCUT2D eigenvalue weighted by Gasteiger charge is 2.11. The molecule has 0 aliphatic rings. The van der Waals surface area contributed by atoms with Crippen molar-refractivity contribution in [3.05, 3.63) is 47.1 Å². The molecule has 0 amide bonds. The first-order valence-electron chi connectivity index (χ1n) is 4.86. The third-order valence-corrected chi connectivity index (χ3v) is 2.32. The van der Waals surface area contributed by atoms with Gasteiger partial charge in [-0.2, -0.15) is 0 Å². The van der Waals surface area contributed by atoms with Crippen molar-refractivity contribution >= 4 is 17.4 Å². The highest BCUT2D eigenvalue weighted by molar-refractivity contribution is 6.30. The zero-order valence-corrected chi connectivity index (χ0v) is 9.78. The molecule has 0 saturated carbocycles. The van der Waals surface area contributed by atoms with E-state index < -0.39 is 5.82 Å². The van der Waals surface area contributed by atoms with E-state index in [1.807, 2.05) is 0 Å². The van der Waals surface area contributed by atoms with E-state index in [0.29, 0.717) is 0 Å². The van der Waals surface area contributed by atoms with Crippen LogP contribution in [0.15, 0.2) is 30.6 Å². The standard InChI is InChI=1S/C11H8ClFN4O/c12-7-5-6(1-2-8(7)13)18-11-9(10(14)15)16-3-4-17-11/h1-5H,(H3,14,15). The van der Waals surface area contributed by atoms with Gasteiger partial charge >= 0.3 is 0 Å². The van der Waals surface area contributed by atoms with Crippen molar-refractivity contribution in [2.45, 2.75) is 0 Å². The SMILES string of the molecule is N=C(N)c1nccnc1Oc1ccc(F)c(Cl)c1. The number of rotatable bonds is 3. The van der Waals surface area contributed by atoms with Crippen molar-refractivity contribution in [3.63, 3.8) is 0 Å². The smallest absolute Gasteiger partial charge is 0.249 e. The number of halogens is 2. The van der Waals surface area contributed by atoms with Crippen molar-refractivity contribution in [2.24, 2.45) is 5.73 Å². The van der Waals surface area contributed by atoms with Gasteiger partial charge in [-0.25, -0.2) is 14.4 Å². The van der Waals surface area contributed by atoms with Gasteiger partial charge in [-0.3, -0.25) is 5.41 Å². The van der Waals surface area contributed by atoms with Gasteiger partial charge in [0, 0.05) is 18.5 Å². The quantitative estimate of drug-likeness (QED) is 0.660. The first-order chi connectivity index (χ1) is 8.58. The molecule has 1 aromatic heterocycles. The van der Waals surface area contributed by atoms with E-state index in [4.69, 9.17) is 27.5 Å². The van der Waals surface area contributed by atoms with E-state index in [0.717, 1.165) is 0 Å². The number of nitrogen functional groups attached to an aromatic ring is 1. The van der Waals surface area contributed by atoms with Crippen molar-refractivity contribution in [2.75, 3.05) is 0 Å². The molecule has 0 aliphatic heterocycles. The average molecular weight is 267 g/mol. The summed E-state index contributed by atoms with van der Waals surface area (Å²) in [4.78, 5) is 7.78. The molecule has 0 radical (unpaired) electrons. The summed E-state index contributed by atoms with van der Waals surface area (Å²) in [5, 5.41) is 7.26. The summed E-state index contributed by atoms with van der Waals surface area (Å²) in [5.74, 6) is -0.474. The Hall–Kier alpha value is -2.21. The summed E-state index contributed by atoms with van der Waals surface area (Å²) >= 11 is 5.62. The molecule has 7 heteroatoms. The van der Waals surface area contributed by atoms with Gasteiger partial charge in [0.05, 0.1) is 5.02 Å². The van der Waals surface area contributed by atoms with Crippen LogP contribution in [-0.4, -0.2) is 15.8 Å². The Kier molecular flexibility index (Phi) is 3.38. The van der Waals surface area contributed by atoms with Crippen LogP contribution in [0, 0.1) is 11.2 Å². The van der Waals surface area contributed by atoms with E-state index in [2.05, 4.69) is 9.97 Å². The summed E-state index contributed by atoms with van der Waals surface area (Å²) < 4.78 is 18.3. The predicted molar refractivity (Wildman–Crippen MR) is 64.5 cm³/mol. The number of ether oxygens (including phenoxy) is 1. The minimum absolute atomic E-state index is 0.0627. The lowest BCUT2D eigenvalue weighted by Gasteiger charge is -2.08. The zero-order valence-electron chi connectivity index (χ0n) is 9.02. The first-order valence-corrected chi connectivity index (χ1v) is 5.24. The molecule has 1 aromatic carbocycles. The molecule has 0 atom stereocenters. The number of amidine groups is 1. The average Bonchev–Trinajstić information content (AvgIpc) is 2.34. The zero-order chi connectivity index (χ0) is 13.1. The summed E-state index contributed by atoms with van der Waals surface area (Å²) in [6.07, 6.45) is 2.79. The van der Waals surface area contributed by atoms with Crippen LogP contribution < -0.4 is 10.5 Å². The van der Waals surface area contributed by atoms with Crippen LogP contribution in [0.25, 0.3) is 0 Å². The second-order valence-electron chi connectivity index (χ2n) is 3.30. The maximum absolute atomic E-state index is 13.0. The number of nitrogens with zero attached hydrogens (tertiary/aromatic N) is 2. The van der Waals surface area contributed by atoms with Crippen LogP contribution in [0.4, 0.5) is 4.39 Å². The third-order valence-electron chi connectivity index (χ3n) is 2.03. The van der Waals surface area contributed by atoms with Crippen molar-refractivity contribution in [1.82, 2.24) is 9.97 Å². The number of aromatic nitrogens is 2. The molecule has 0 saturated heterocycles. The number of nitrogens with two attached hydrogens (primary N) is 1. The van der Waals surface area contributed by atoms with Crippen LogP contribution in [0.3, 0.4) is 0 Å². The summed E-state index contributed by atoms with van der Waals surface area (Å²) in [6, 6.07) is 3.86. The maximum atomic E-state index is 13.0. The fourth-order valence-electron chi connectivity index (χ4n) is 1.24. The minimum atomic E-state index is -0.546.